The van der Waals surface area contributed by atoms with Gasteiger partial charge in [-0.05, 0) is 49.1 Å². The van der Waals surface area contributed by atoms with E-state index >= 15 is 0 Å². The van der Waals surface area contributed by atoms with E-state index in [0.29, 0.717) is 17.8 Å². The number of carbonyl (C=O) groups excluding carboxylic acids is 2. The van der Waals surface area contributed by atoms with Crippen molar-refractivity contribution in [1.82, 2.24) is 4.90 Å². The fourth-order valence-electron chi connectivity index (χ4n) is 3.87. The van der Waals surface area contributed by atoms with Crippen molar-refractivity contribution < 1.29 is 9.59 Å². The first-order chi connectivity index (χ1) is 13.7. The normalized spacial score (nSPS) is 17.0. The van der Waals surface area contributed by atoms with E-state index < -0.39 is 0 Å². The van der Waals surface area contributed by atoms with Crippen LogP contribution in [0.5, 0.6) is 0 Å². The standard InChI is InChI=1S/C23H25N3O2/c1-2-14-26-22(27)20(17-8-4-3-5-9-17)21(23(26)28)24-18-10-12-19(13-11-18)25-15-6-7-16-25/h3-5,8-13,24H,2,6-7,14-16H2,1H3. The molecule has 0 atom stereocenters. The van der Waals surface area contributed by atoms with Gasteiger partial charge < -0.3 is 10.2 Å². The number of benzene rings is 2. The van der Waals surface area contributed by atoms with E-state index in [0.717, 1.165) is 30.8 Å². The Bertz CT molecular complexity index is 897. The second-order valence-corrected chi connectivity index (χ2v) is 7.24. The highest BCUT2D eigenvalue weighted by molar-refractivity contribution is 6.36. The number of nitrogens with zero attached hydrogens (tertiary/aromatic N) is 2. The molecule has 4 rings (SSSR count). The number of carbonyl (C=O) groups is 2. The topological polar surface area (TPSA) is 52.7 Å². The molecule has 5 nitrogen and oxygen atoms in total. The smallest absolute Gasteiger partial charge is 0.278 e. The molecule has 28 heavy (non-hydrogen) atoms. The first-order valence-electron chi connectivity index (χ1n) is 9.97. The molecule has 1 fully saturated rings. The summed E-state index contributed by atoms with van der Waals surface area (Å²) in [6.07, 6.45) is 3.20. The summed E-state index contributed by atoms with van der Waals surface area (Å²) in [6.45, 7) is 4.57. The molecule has 1 N–H and O–H groups in total. The monoisotopic (exact) mass is 375 g/mol. The van der Waals surface area contributed by atoms with Crippen LogP contribution in [0.1, 0.15) is 31.7 Å². The molecule has 0 unspecified atom stereocenters. The summed E-state index contributed by atoms with van der Waals surface area (Å²) >= 11 is 0. The lowest BCUT2D eigenvalue weighted by molar-refractivity contribution is -0.136. The van der Waals surface area contributed by atoms with E-state index in [1.165, 1.54) is 23.4 Å². The zero-order chi connectivity index (χ0) is 19.5. The van der Waals surface area contributed by atoms with Gasteiger partial charge in [0.05, 0.1) is 5.57 Å². The lowest BCUT2D eigenvalue weighted by atomic mass is 10.0. The number of anilines is 2. The number of hydrogen-bond acceptors (Lipinski definition) is 4. The Morgan fingerprint density at radius 3 is 2.21 bits per heavy atom. The number of imide groups is 1. The molecule has 2 amide bonds. The zero-order valence-electron chi connectivity index (χ0n) is 16.1. The largest absolute Gasteiger partial charge is 0.372 e. The minimum atomic E-state index is -0.255. The van der Waals surface area contributed by atoms with E-state index in [1.54, 1.807) is 0 Å². The average molecular weight is 375 g/mol. The van der Waals surface area contributed by atoms with Crippen LogP contribution >= 0.6 is 0 Å². The van der Waals surface area contributed by atoms with E-state index in [-0.39, 0.29) is 11.8 Å². The molecule has 2 aromatic carbocycles. The third-order valence-corrected chi connectivity index (χ3v) is 5.29. The van der Waals surface area contributed by atoms with Gasteiger partial charge in [-0.3, -0.25) is 14.5 Å². The Kier molecular flexibility index (Phi) is 5.15. The second kappa shape index (κ2) is 7.89. The van der Waals surface area contributed by atoms with Gasteiger partial charge in [-0.25, -0.2) is 0 Å². The van der Waals surface area contributed by atoms with Gasteiger partial charge in [-0.15, -0.1) is 0 Å². The first kappa shape index (κ1) is 18.3. The Morgan fingerprint density at radius 1 is 0.893 bits per heavy atom. The quantitative estimate of drug-likeness (QED) is 0.779. The molecule has 0 aromatic heterocycles. The Labute approximate surface area is 165 Å². The van der Waals surface area contributed by atoms with Gasteiger partial charge in [0.1, 0.15) is 5.70 Å². The van der Waals surface area contributed by atoms with Crippen molar-refractivity contribution in [3.63, 3.8) is 0 Å². The summed E-state index contributed by atoms with van der Waals surface area (Å²) < 4.78 is 0. The van der Waals surface area contributed by atoms with Crippen LogP contribution < -0.4 is 10.2 Å². The van der Waals surface area contributed by atoms with Crippen LogP contribution in [0.4, 0.5) is 11.4 Å². The Hall–Kier alpha value is -3.08. The van der Waals surface area contributed by atoms with Crippen molar-refractivity contribution in [3.8, 4) is 0 Å². The molecule has 2 aliphatic heterocycles. The molecule has 5 heteroatoms. The Morgan fingerprint density at radius 2 is 1.57 bits per heavy atom. The van der Waals surface area contributed by atoms with Crippen molar-refractivity contribution in [2.75, 3.05) is 29.9 Å². The average Bonchev–Trinajstić information content (AvgIpc) is 3.33. The van der Waals surface area contributed by atoms with Crippen LogP contribution in [-0.4, -0.2) is 36.3 Å². The molecule has 0 saturated carbocycles. The van der Waals surface area contributed by atoms with Crippen LogP contribution in [0.25, 0.3) is 5.57 Å². The van der Waals surface area contributed by atoms with Gasteiger partial charge in [0.15, 0.2) is 0 Å². The van der Waals surface area contributed by atoms with Crippen LogP contribution in [0.15, 0.2) is 60.3 Å². The molecule has 0 spiro atoms. The number of rotatable bonds is 6. The predicted octanol–water partition coefficient (Wildman–Crippen LogP) is 3.89. The van der Waals surface area contributed by atoms with Crippen LogP contribution in [0.3, 0.4) is 0 Å². The van der Waals surface area contributed by atoms with Gasteiger partial charge in [-0.2, -0.15) is 0 Å². The second-order valence-electron chi connectivity index (χ2n) is 7.24. The van der Waals surface area contributed by atoms with Crippen molar-refractivity contribution in [3.05, 3.63) is 65.9 Å². The molecule has 144 valence electrons. The van der Waals surface area contributed by atoms with Gasteiger partial charge in [-0.1, -0.05) is 37.3 Å². The number of nitrogens with one attached hydrogen (secondary N) is 1. The lowest BCUT2D eigenvalue weighted by Crippen LogP contribution is -2.33. The van der Waals surface area contributed by atoms with Crippen molar-refractivity contribution in [1.29, 1.82) is 0 Å². The summed E-state index contributed by atoms with van der Waals surface area (Å²) in [5.41, 5.74) is 3.57. The Balaban J connectivity index is 1.65. The molecule has 0 radical (unpaired) electrons. The summed E-state index contributed by atoms with van der Waals surface area (Å²) in [5.74, 6) is -0.483. The highest BCUT2D eigenvalue weighted by Gasteiger charge is 2.38. The summed E-state index contributed by atoms with van der Waals surface area (Å²) in [4.78, 5) is 29.6. The maximum atomic E-state index is 12.9. The van der Waals surface area contributed by atoms with Gasteiger partial charge >= 0.3 is 0 Å². The molecule has 0 bridgehead atoms. The molecule has 2 aromatic rings. The third kappa shape index (κ3) is 3.40. The number of amides is 2. The molecule has 2 heterocycles. The van der Waals surface area contributed by atoms with Crippen molar-refractivity contribution in [2.24, 2.45) is 0 Å². The van der Waals surface area contributed by atoms with Crippen molar-refractivity contribution >= 4 is 28.8 Å². The van der Waals surface area contributed by atoms with E-state index in [9.17, 15) is 9.59 Å². The van der Waals surface area contributed by atoms with E-state index in [1.807, 2.05) is 49.4 Å². The fraction of sp³-hybridized carbons (Fsp3) is 0.304. The summed E-state index contributed by atoms with van der Waals surface area (Å²) in [6, 6.07) is 17.5. The molecular weight excluding hydrogens is 350 g/mol. The zero-order valence-corrected chi connectivity index (χ0v) is 16.1. The summed E-state index contributed by atoms with van der Waals surface area (Å²) in [5, 5.41) is 3.22. The molecule has 2 aliphatic rings. The number of hydrogen-bond donors (Lipinski definition) is 1. The van der Waals surface area contributed by atoms with Crippen LogP contribution in [-0.2, 0) is 9.59 Å². The first-order valence-corrected chi connectivity index (χ1v) is 9.97. The van der Waals surface area contributed by atoms with Gasteiger partial charge in [0.2, 0.25) is 0 Å². The van der Waals surface area contributed by atoms with Gasteiger partial charge in [0, 0.05) is 31.0 Å². The minimum Gasteiger partial charge on any atom is -0.372 e. The molecule has 0 aliphatic carbocycles. The fourth-order valence-corrected chi connectivity index (χ4v) is 3.87. The maximum Gasteiger partial charge on any atom is 0.278 e. The minimum absolute atomic E-state index is 0.228. The SMILES string of the molecule is CCCN1C(=O)C(Nc2ccc(N3CCCC3)cc2)=C(c2ccccc2)C1=O. The highest BCUT2D eigenvalue weighted by Crippen LogP contribution is 2.31. The molecular formula is C23H25N3O2. The van der Waals surface area contributed by atoms with Crippen LogP contribution in [0.2, 0.25) is 0 Å². The van der Waals surface area contributed by atoms with Gasteiger partial charge in [0.25, 0.3) is 11.8 Å². The molecule has 1 saturated heterocycles. The highest BCUT2D eigenvalue weighted by atomic mass is 16.2. The van der Waals surface area contributed by atoms with Crippen LogP contribution in [0, 0.1) is 0 Å². The third-order valence-electron chi connectivity index (χ3n) is 5.29. The van der Waals surface area contributed by atoms with E-state index in [4.69, 9.17) is 0 Å². The van der Waals surface area contributed by atoms with E-state index in [2.05, 4.69) is 22.3 Å². The summed E-state index contributed by atoms with van der Waals surface area (Å²) in [7, 11) is 0. The predicted molar refractivity (Wildman–Crippen MR) is 112 cm³/mol. The maximum absolute atomic E-state index is 12.9. The van der Waals surface area contributed by atoms with Crippen molar-refractivity contribution in [2.45, 2.75) is 26.2 Å². The lowest BCUT2D eigenvalue weighted by Gasteiger charge is -2.18.